The van der Waals surface area contributed by atoms with Crippen LogP contribution in [0.5, 0.6) is 5.88 Å². The van der Waals surface area contributed by atoms with Gasteiger partial charge in [0, 0.05) is 6.20 Å². The summed E-state index contributed by atoms with van der Waals surface area (Å²) in [5.41, 5.74) is -0.181. The third kappa shape index (κ3) is 2.26. The molecule has 0 spiro atoms. The Morgan fingerprint density at radius 3 is 2.50 bits per heavy atom. The van der Waals surface area contributed by atoms with Crippen molar-refractivity contribution in [1.82, 2.24) is 15.0 Å². The molecule has 4 nitrogen and oxygen atoms in total. The van der Waals surface area contributed by atoms with Crippen molar-refractivity contribution in [2.75, 3.05) is 7.11 Å². The van der Waals surface area contributed by atoms with Gasteiger partial charge in [0.25, 0.3) is 0 Å². The minimum Gasteiger partial charge on any atom is -0.480 e. The van der Waals surface area contributed by atoms with E-state index in [9.17, 15) is 17.6 Å². The second-order valence-electron chi connectivity index (χ2n) is 3.09. The summed E-state index contributed by atoms with van der Waals surface area (Å²) in [4.78, 5) is 10.8. The highest BCUT2D eigenvalue weighted by Crippen LogP contribution is 2.37. The second kappa shape index (κ2) is 4.48. The van der Waals surface area contributed by atoms with Gasteiger partial charge in [0.15, 0.2) is 11.4 Å². The molecule has 0 unspecified atom stereocenters. The quantitative estimate of drug-likeness (QED) is 0.626. The zero-order chi connectivity index (χ0) is 13.3. The Balaban J connectivity index is 2.61. The van der Waals surface area contributed by atoms with Crippen LogP contribution >= 0.6 is 11.3 Å². The predicted octanol–water partition coefficient (Wildman–Crippen LogP) is 2.77. The van der Waals surface area contributed by atoms with Crippen LogP contribution in [0, 0.1) is 5.95 Å². The largest absolute Gasteiger partial charge is 0.480 e. The maximum absolute atomic E-state index is 13.4. The Morgan fingerprint density at radius 2 is 2.00 bits per heavy atom. The Labute approximate surface area is 102 Å². The Kier molecular flexibility index (Phi) is 3.16. The number of halogens is 4. The van der Waals surface area contributed by atoms with Gasteiger partial charge < -0.3 is 4.74 Å². The van der Waals surface area contributed by atoms with Gasteiger partial charge in [-0.15, -0.1) is 11.3 Å². The van der Waals surface area contributed by atoms with E-state index >= 15 is 0 Å². The molecule has 0 bridgehead atoms. The number of rotatable bonds is 2. The van der Waals surface area contributed by atoms with Crippen molar-refractivity contribution < 1.29 is 22.3 Å². The maximum atomic E-state index is 13.4. The number of ether oxygens (including phenoxy) is 1. The standard InChI is InChI=1S/C9H5F4N3OS/c1-17-8-5(9(11,12)13)6(10)15-7(16-8)4-2-14-3-18-4/h2-3H,1H3. The van der Waals surface area contributed by atoms with E-state index in [0.717, 1.165) is 18.4 Å². The molecule has 0 radical (unpaired) electrons. The lowest BCUT2D eigenvalue weighted by Crippen LogP contribution is -2.14. The van der Waals surface area contributed by atoms with Crippen molar-refractivity contribution in [3.63, 3.8) is 0 Å². The zero-order valence-corrected chi connectivity index (χ0v) is 9.64. The molecule has 0 aromatic carbocycles. The first-order chi connectivity index (χ1) is 8.43. The summed E-state index contributed by atoms with van der Waals surface area (Å²) in [6.45, 7) is 0. The van der Waals surface area contributed by atoms with Crippen LogP contribution in [0.2, 0.25) is 0 Å². The molecule has 0 saturated heterocycles. The molecule has 96 valence electrons. The van der Waals surface area contributed by atoms with E-state index in [0.29, 0.717) is 4.88 Å². The van der Waals surface area contributed by atoms with Crippen LogP contribution in [0.3, 0.4) is 0 Å². The number of methoxy groups -OCH3 is 1. The lowest BCUT2D eigenvalue weighted by atomic mass is 10.3. The molecule has 9 heteroatoms. The van der Waals surface area contributed by atoms with Crippen LogP contribution in [0.1, 0.15) is 5.56 Å². The fourth-order valence-corrected chi connectivity index (χ4v) is 1.79. The topological polar surface area (TPSA) is 47.9 Å². The zero-order valence-electron chi connectivity index (χ0n) is 8.82. The van der Waals surface area contributed by atoms with Gasteiger partial charge >= 0.3 is 6.18 Å². The van der Waals surface area contributed by atoms with Crippen LogP contribution in [0.15, 0.2) is 11.7 Å². The number of aromatic nitrogens is 3. The summed E-state index contributed by atoms with van der Waals surface area (Å²) in [6, 6.07) is 0. The number of hydrogen-bond donors (Lipinski definition) is 0. The van der Waals surface area contributed by atoms with Crippen molar-refractivity contribution in [3.8, 4) is 16.6 Å². The molecule has 2 heterocycles. The van der Waals surface area contributed by atoms with E-state index in [1.807, 2.05) is 0 Å². The van der Waals surface area contributed by atoms with E-state index in [-0.39, 0.29) is 5.82 Å². The average Bonchev–Trinajstić information content (AvgIpc) is 2.79. The van der Waals surface area contributed by atoms with Crippen LogP contribution < -0.4 is 4.74 Å². The van der Waals surface area contributed by atoms with E-state index in [4.69, 9.17) is 0 Å². The van der Waals surface area contributed by atoms with Crippen LogP contribution in [-0.2, 0) is 6.18 Å². The van der Waals surface area contributed by atoms with Gasteiger partial charge in [0.2, 0.25) is 11.8 Å². The molecule has 0 amide bonds. The van der Waals surface area contributed by atoms with E-state index in [1.165, 1.54) is 11.7 Å². The van der Waals surface area contributed by atoms with Crippen LogP contribution in [0.4, 0.5) is 17.6 Å². The number of thiazole rings is 1. The van der Waals surface area contributed by atoms with Crippen molar-refractivity contribution in [3.05, 3.63) is 23.2 Å². The number of alkyl halides is 3. The van der Waals surface area contributed by atoms with Crippen molar-refractivity contribution in [2.45, 2.75) is 6.18 Å². The highest BCUT2D eigenvalue weighted by molar-refractivity contribution is 7.13. The van der Waals surface area contributed by atoms with Crippen molar-refractivity contribution >= 4 is 11.3 Å². The minimum atomic E-state index is -4.92. The van der Waals surface area contributed by atoms with E-state index < -0.39 is 23.6 Å². The first-order valence-electron chi connectivity index (χ1n) is 4.51. The summed E-state index contributed by atoms with van der Waals surface area (Å²) in [5, 5.41) is 0. The number of hydrogen-bond acceptors (Lipinski definition) is 5. The monoisotopic (exact) mass is 279 g/mol. The summed E-state index contributed by atoms with van der Waals surface area (Å²) < 4.78 is 55.6. The van der Waals surface area contributed by atoms with E-state index in [2.05, 4.69) is 19.7 Å². The predicted molar refractivity (Wildman–Crippen MR) is 54.7 cm³/mol. The van der Waals surface area contributed by atoms with Gasteiger partial charge in [-0.2, -0.15) is 27.5 Å². The van der Waals surface area contributed by atoms with Gasteiger partial charge in [0.1, 0.15) is 0 Å². The third-order valence-corrected chi connectivity index (χ3v) is 2.73. The lowest BCUT2D eigenvalue weighted by Gasteiger charge is -2.11. The summed E-state index contributed by atoms with van der Waals surface area (Å²) >= 11 is 1.08. The normalized spacial score (nSPS) is 11.6. The molecule has 0 aliphatic rings. The molecule has 0 N–H and O–H groups in total. The molecule has 0 saturated carbocycles. The highest BCUT2D eigenvalue weighted by Gasteiger charge is 2.40. The van der Waals surface area contributed by atoms with Crippen molar-refractivity contribution in [2.24, 2.45) is 0 Å². The summed E-state index contributed by atoms with van der Waals surface area (Å²) in [7, 11) is 0.980. The Hall–Kier alpha value is -1.77. The lowest BCUT2D eigenvalue weighted by molar-refractivity contribution is -0.142. The molecular weight excluding hydrogens is 274 g/mol. The van der Waals surface area contributed by atoms with Gasteiger partial charge in [-0.1, -0.05) is 0 Å². The molecular formula is C9H5F4N3OS. The Morgan fingerprint density at radius 1 is 1.28 bits per heavy atom. The van der Waals surface area contributed by atoms with Crippen molar-refractivity contribution in [1.29, 1.82) is 0 Å². The number of nitrogens with zero attached hydrogens (tertiary/aromatic N) is 3. The second-order valence-corrected chi connectivity index (χ2v) is 3.97. The Bertz CT molecular complexity index is 556. The fraction of sp³-hybridized carbons (Fsp3) is 0.222. The molecule has 0 aliphatic heterocycles. The third-order valence-electron chi connectivity index (χ3n) is 1.96. The fourth-order valence-electron chi connectivity index (χ4n) is 1.24. The summed E-state index contributed by atoms with van der Waals surface area (Å²) in [6.07, 6.45) is -3.59. The molecule has 0 fully saturated rings. The highest BCUT2D eigenvalue weighted by atomic mass is 32.1. The molecule has 2 aromatic heterocycles. The average molecular weight is 279 g/mol. The van der Waals surface area contributed by atoms with Crippen LogP contribution in [0.25, 0.3) is 10.7 Å². The molecule has 18 heavy (non-hydrogen) atoms. The molecule has 2 aromatic rings. The van der Waals surface area contributed by atoms with E-state index in [1.54, 1.807) is 0 Å². The molecule has 0 atom stereocenters. The first-order valence-corrected chi connectivity index (χ1v) is 5.39. The van der Waals surface area contributed by atoms with Gasteiger partial charge in [0.05, 0.1) is 17.5 Å². The van der Waals surface area contributed by atoms with Crippen LogP contribution in [-0.4, -0.2) is 22.1 Å². The van der Waals surface area contributed by atoms with Gasteiger partial charge in [-0.3, -0.25) is 4.98 Å². The SMILES string of the molecule is COc1nc(-c2cncs2)nc(F)c1C(F)(F)F. The van der Waals surface area contributed by atoms with Gasteiger partial charge in [-0.25, -0.2) is 0 Å². The minimum absolute atomic E-state index is 0.195. The molecule has 0 aliphatic carbocycles. The first kappa shape index (κ1) is 12.7. The molecule has 2 rings (SSSR count). The summed E-state index contributed by atoms with van der Waals surface area (Å²) in [5.74, 6) is -2.71. The van der Waals surface area contributed by atoms with Gasteiger partial charge in [-0.05, 0) is 0 Å². The smallest absolute Gasteiger partial charge is 0.426 e. The maximum Gasteiger partial charge on any atom is 0.426 e.